The van der Waals surface area contributed by atoms with Gasteiger partial charge in [0.15, 0.2) is 0 Å². The number of hydrogen-bond donors (Lipinski definition) is 1. The van der Waals surface area contributed by atoms with Gasteiger partial charge in [0.25, 0.3) is 17.8 Å². The molecule has 2 N–H and O–H groups in total. The van der Waals surface area contributed by atoms with Gasteiger partial charge in [-0.1, -0.05) is 23.7 Å². The molecule has 3 heterocycles. The van der Waals surface area contributed by atoms with Crippen LogP contribution in [0.5, 0.6) is 0 Å². The Balaban J connectivity index is 1.63. The van der Waals surface area contributed by atoms with E-state index in [9.17, 15) is 14.4 Å². The molecule has 4 amide bonds. The zero-order valence-electron chi connectivity index (χ0n) is 17.6. The summed E-state index contributed by atoms with van der Waals surface area (Å²) < 4.78 is 1.96. The SMILES string of the molecule is CN1C(=O)C2C(=NC(CN3CCC(C(N)=O)CC3)=[N+]2Cc2ccc(Cl)cc2)N(C)C1=O. The number of likely N-dealkylation sites (N-methyl/N-ethyl adjacent to an activating group) is 2. The largest absolute Gasteiger partial charge is 0.369 e. The highest BCUT2D eigenvalue weighted by atomic mass is 35.5. The number of nitrogens with two attached hydrogens (primary N) is 1. The van der Waals surface area contributed by atoms with Gasteiger partial charge in [-0.2, -0.15) is 0 Å². The third-order valence-corrected chi connectivity index (χ3v) is 6.49. The fourth-order valence-electron chi connectivity index (χ4n) is 4.32. The van der Waals surface area contributed by atoms with Crippen molar-refractivity contribution in [2.24, 2.45) is 16.6 Å². The molecular formula is C21H26ClN6O3+. The third-order valence-electron chi connectivity index (χ3n) is 6.23. The number of nitrogens with zero attached hydrogens (tertiary/aromatic N) is 5. The highest BCUT2D eigenvalue weighted by Gasteiger charge is 2.53. The first-order chi connectivity index (χ1) is 14.8. The summed E-state index contributed by atoms with van der Waals surface area (Å²) in [7, 11) is 3.13. The number of benzene rings is 1. The van der Waals surface area contributed by atoms with E-state index in [1.54, 1.807) is 7.05 Å². The maximum Gasteiger partial charge on any atom is 0.333 e. The van der Waals surface area contributed by atoms with Gasteiger partial charge >= 0.3 is 11.9 Å². The van der Waals surface area contributed by atoms with E-state index >= 15 is 0 Å². The standard InChI is InChI=1S/C21H25ClN6O3/c1-25-19-17(20(30)26(2)21(25)31)28(11-13-3-5-15(22)6-4-13)16(24-19)12-27-9-7-14(8-10-27)18(23)29/h3-6,14,17H,7-12H2,1-2H3,(H-,23,29)/p+1. The summed E-state index contributed by atoms with van der Waals surface area (Å²) in [6, 6.07) is 6.42. The van der Waals surface area contributed by atoms with E-state index in [1.807, 2.05) is 28.8 Å². The van der Waals surface area contributed by atoms with E-state index in [4.69, 9.17) is 22.3 Å². The van der Waals surface area contributed by atoms with Gasteiger partial charge in [0.1, 0.15) is 13.1 Å². The Labute approximate surface area is 185 Å². The number of hydrogen-bond acceptors (Lipinski definition) is 5. The molecule has 9 nitrogen and oxygen atoms in total. The van der Waals surface area contributed by atoms with Gasteiger partial charge in [-0.25, -0.2) is 9.37 Å². The summed E-state index contributed by atoms with van der Waals surface area (Å²) in [5.41, 5.74) is 6.44. The van der Waals surface area contributed by atoms with Crippen LogP contribution < -0.4 is 5.73 Å². The molecule has 3 aliphatic rings. The Hall–Kier alpha value is -2.78. The number of amides is 4. The van der Waals surface area contributed by atoms with Gasteiger partial charge in [-0.3, -0.25) is 24.3 Å². The van der Waals surface area contributed by atoms with Crippen molar-refractivity contribution < 1.29 is 19.0 Å². The van der Waals surface area contributed by atoms with Crippen molar-refractivity contribution in [1.29, 1.82) is 0 Å². The van der Waals surface area contributed by atoms with Crippen molar-refractivity contribution in [2.75, 3.05) is 33.7 Å². The molecule has 0 aromatic heterocycles. The lowest BCUT2D eigenvalue weighted by molar-refractivity contribution is -0.552. The van der Waals surface area contributed by atoms with E-state index in [2.05, 4.69) is 4.90 Å². The molecule has 31 heavy (non-hydrogen) atoms. The molecule has 4 rings (SSSR count). The highest BCUT2D eigenvalue weighted by molar-refractivity contribution is 6.30. The average molecular weight is 446 g/mol. The van der Waals surface area contributed by atoms with E-state index in [0.29, 0.717) is 36.8 Å². The Morgan fingerprint density at radius 2 is 1.81 bits per heavy atom. The number of carbonyl (C=O) groups is 3. The van der Waals surface area contributed by atoms with E-state index < -0.39 is 12.1 Å². The first-order valence-electron chi connectivity index (χ1n) is 10.3. The second-order valence-corrected chi connectivity index (χ2v) is 8.67. The van der Waals surface area contributed by atoms with Crippen molar-refractivity contribution in [3.05, 3.63) is 34.9 Å². The number of halogens is 1. The first kappa shape index (κ1) is 21.5. The summed E-state index contributed by atoms with van der Waals surface area (Å²) in [6.45, 7) is 2.44. The second kappa shape index (κ2) is 8.39. The lowest BCUT2D eigenvalue weighted by atomic mass is 9.96. The molecule has 0 bridgehead atoms. The fourth-order valence-corrected chi connectivity index (χ4v) is 4.45. The highest BCUT2D eigenvalue weighted by Crippen LogP contribution is 2.23. The lowest BCUT2D eigenvalue weighted by Gasteiger charge is -2.31. The van der Waals surface area contributed by atoms with Crippen LogP contribution in [0, 0.1) is 5.92 Å². The van der Waals surface area contributed by atoms with Gasteiger partial charge < -0.3 is 5.73 Å². The van der Waals surface area contributed by atoms with Crippen molar-refractivity contribution in [1.82, 2.24) is 14.7 Å². The molecule has 3 aliphatic heterocycles. The van der Waals surface area contributed by atoms with Crippen LogP contribution in [0.2, 0.25) is 5.02 Å². The summed E-state index contributed by atoms with van der Waals surface area (Å²) in [5.74, 6) is 0.540. The average Bonchev–Trinajstić information content (AvgIpc) is 3.10. The molecule has 2 saturated heterocycles. The zero-order valence-corrected chi connectivity index (χ0v) is 18.4. The van der Waals surface area contributed by atoms with Crippen LogP contribution in [0.15, 0.2) is 29.3 Å². The minimum absolute atomic E-state index is 0.0946. The minimum atomic E-state index is -0.651. The summed E-state index contributed by atoms with van der Waals surface area (Å²) in [4.78, 5) is 46.4. The number of rotatable bonds is 5. The molecule has 1 atom stereocenters. The van der Waals surface area contributed by atoms with Gasteiger partial charge in [-0.15, -0.1) is 0 Å². The number of aliphatic imine (C=N–C) groups is 1. The maximum atomic E-state index is 13.0. The Kier molecular flexibility index (Phi) is 5.81. The topological polar surface area (TPSA) is 102 Å². The zero-order chi connectivity index (χ0) is 22.3. The fraction of sp³-hybridized carbons (Fsp3) is 0.476. The van der Waals surface area contributed by atoms with Gasteiger partial charge in [0.05, 0.1) is 0 Å². The molecule has 0 spiro atoms. The van der Waals surface area contributed by atoms with Gasteiger partial charge in [0.2, 0.25) is 5.91 Å². The van der Waals surface area contributed by atoms with Crippen LogP contribution in [0.3, 0.4) is 0 Å². The van der Waals surface area contributed by atoms with E-state index in [1.165, 1.54) is 11.9 Å². The predicted octanol–water partition coefficient (Wildman–Crippen LogP) is 0.753. The lowest BCUT2D eigenvalue weighted by Crippen LogP contribution is -2.61. The van der Waals surface area contributed by atoms with Crippen molar-refractivity contribution in [3.63, 3.8) is 0 Å². The van der Waals surface area contributed by atoms with Crippen LogP contribution in [0.25, 0.3) is 0 Å². The number of amidine groups is 2. The monoisotopic (exact) mass is 445 g/mol. The Morgan fingerprint density at radius 1 is 1.16 bits per heavy atom. The number of imide groups is 1. The third kappa shape index (κ3) is 4.07. The van der Waals surface area contributed by atoms with Crippen LogP contribution in [-0.4, -0.2) is 88.6 Å². The number of urea groups is 1. The molecular weight excluding hydrogens is 420 g/mol. The van der Waals surface area contributed by atoms with Crippen LogP contribution in [0.1, 0.15) is 18.4 Å². The quantitative estimate of drug-likeness (QED) is 0.675. The molecule has 1 aromatic carbocycles. The van der Waals surface area contributed by atoms with E-state index in [0.717, 1.165) is 29.4 Å². The number of piperidine rings is 1. The number of carbonyl (C=O) groups excluding carboxylic acids is 3. The molecule has 164 valence electrons. The van der Waals surface area contributed by atoms with Crippen molar-refractivity contribution >= 4 is 41.1 Å². The molecule has 0 radical (unpaired) electrons. The summed E-state index contributed by atoms with van der Waals surface area (Å²) in [5, 5.41) is 0.641. The summed E-state index contributed by atoms with van der Waals surface area (Å²) >= 11 is 6.02. The van der Waals surface area contributed by atoms with Crippen LogP contribution >= 0.6 is 11.6 Å². The maximum absolute atomic E-state index is 13.0. The van der Waals surface area contributed by atoms with Gasteiger partial charge in [0, 0.05) is 25.0 Å². The summed E-state index contributed by atoms with van der Waals surface area (Å²) in [6.07, 6.45) is 1.42. The predicted molar refractivity (Wildman–Crippen MR) is 116 cm³/mol. The number of likely N-dealkylation sites (tertiary alicyclic amines) is 1. The van der Waals surface area contributed by atoms with Gasteiger partial charge in [-0.05, 0) is 48.6 Å². The molecule has 0 aliphatic carbocycles. The first-order valence-corrected chi connectivity index (χ1v) is 10.7. The molecule has 1 unspecified atom stereocenters. The smallest absolute Gasteiger partial charge is 0.333 e. The molecule has 10 heteroatoms. The van der Waals surface area contributed by atoms with E-state index in [-0.39, 0.29) is 17.7 Å². The van der Waals surface area contributed by atoms with Crippen LogP contribution in [-0.2, 0) is 16.1 Å². The normalized spacial score (nSPS) is 22.8. The van der Waals surface area contributed by atoms with Crippen LogP contribution in [0.4, 0.5) is 4.79 Å². The molecule has 0 saturated carbocycles. The van der Waals surface area contributed by atoms with Crippen molar-refractivity contribution in [3.8, 4) is 0 Å². The number of primary amides is 1. The Bertz CT molecular complexity index is 981. The number of fused-ring (bicyclic) bond motifs is 1. The molecule has 2 fully saturated rings. The second-order valence-electron chi connectivity index (χ2n) is 8.23. The van der Waals surface area contributed by atoms with Crippen molar-refractivity contribution in [2.45, 2.75) is 25.4 Å². The molecule has 1 aromatic rings. The Morgan fingerprint density at radius 3 is 2.42 bits per heavy atom. The minimum Gasteiger partial charge on any atom is -0.369 e.